The van der Waals surface area contributed by atoms with Gasteiger partial charge < -0.3 is 10.6 Å². The Morgan fingerprint density at radius 2 is 1.90 bits per heavy atom. The van der Waals surface area contributed by atoms with E-state index in [9.17, 15) is 27.6 Å². The number of amides is 4. The zero-order valence-corrected chi connectivity index (χ0v) is 15.4. The number of urea groups is 1. The van der Waals surface area contributed by atoms with Crippen LogP contribution in [0.2, 0.25) is 0 Å². The lowest BCUT2D eigenvalue weighted by atomic mass is 9.95. The number of alkyl halides is 2. The minimum absolute atomic E-state index is 0.161. The maximum atomic E-state index is 13.3. The smallest absolute Gasteiger partial charge is 0.333 e. The van der Waals surface area contributed by atoms with E-state index in [2.05, 4.69) is 25.9 Å². The van der Waals surface area contributed by atoms with Gasteiger partial charge in [-0.1, -0.05) is 0 Å². The predicted octanol–water partition coefficient (Wildman–Crippen LogP) is 0.463. The molecule has 3 heterocycles. The van der Waals surface area contributed by atoms with Crippen molar-refractivity contribution in [2.24, 2.45) is 0 Å². The topological polar surface area (TPSA) is 136 Å². The number of aromatic nitrogens is 5. The van der Waals surface area contributed by atoms with Crippen molar-refractivity contribution in [3.05, 3.63) is 59.9 Å². The fourth-order valence-corrected chi connectivity index (χ4v) is 3.06. The fraction of sp³-hybridized carbons (Fsp3) is 0.176. The van der Waals surface area contributed by atoms with Gasteiger partial charge in [-0.3, -0.25) is 14.9 Å². The summed E-state index contributed by atoms with van der Waals surface area (Å²) in [5, 5.41) is 18.0. The molecule has 1 unspecified atom stereocenters. The van der Waals surface area contributed by atoms with Crippen LogP contribution in [-0.4, -0.2) is 49.2 Å². The van der Waals surface area contributed by atoms with Gasteiger partial charge >= 0.3 is 12.6 Å². The van der Waals surface area contributed by atoms with Crippen molar-refractivity contribution in [3.8, 4) is 5.69 Å². The van der Waals surface area contributed by atoms with E-state index in [0.717, 1.165) is 23.3 Å². The van der Waals surface area contributed by atoms with Gasteiger partial charge in [0.25, 0.3) is 11.8 Å². The molecule has 1 saturated heterocycles. The highest BCUT2D eigenvalue weighted by molar-refractivity contribution is 6.07. The van der Waals surface area contributed by atoms with Crippen molar-refractivity contribution in [2.75, 3.05) is 6.54 Å². The van der Waals surface area contributed by atoms with Crippen LogP contribution in [0, 0.1) is 5.82 Å². The van der Waals surface area contributed by atoms with E-state index < -0.39 is 42.3 Å². The van der Waals surface area contributed by atoms with Gasteiger partial charge in [0.15, 0.2) is 11.2 Å². The maximum absolute atomic E-state index is 13.3. The number of halogens is 3. The largest absolute Gasteiger partial charge is 0.347 e. The second kappa shape index (κ2) is 7.55. The maximum Gasteiger partial charge on any atom is 0.333 e. The molecule has 2 aromatic heterocycles. The van der Waals surface area contributed by atoms with Crippen molar-refractivity contribution in [2.45, 2.75) is 12.1 Å². The molecule has 1 aliphatic heterocycles. The summed E-state index contributed by atoms with van der Waals surface area (Å²) in [6.07, 6.45) is 2.17. The Kier molecular flexibility index (Phi) is 4.88. The molecular weight excluding hydrogens is 421 g/mol. The van der Waals surface area contributed by atoms with Gasteiger partial charge in [0.1, 0.15) is 5.82 Å². The summed E-state index contributed by atoms with van der Waals surface area (Å²) in [6, 6.07) is 5.40. The lowest BCUT2D eigenvalue weighted by Crippen LogP contribution is -2.53. The summed E-state index contributed by atoms with van der Waals surface area (Å²) in [7, 11) is 0. The zero-order valence-electron chi connectivity index (χ0n) is 15.4. The first kappa shape index (κ1) is 20.1. The number of benzene rings is 1. The molecule has 0 bridgehead atoms. The molecule has 0 radical (unpaired) electrons. The van der Waals surface area contributed by atoms with Crippen molar-refractivity contribution in [1.29, 1.82) is 0 Å². The van der Waals surface area contributed by atoms with Crippen LogP contribution in [0.5, 0.6) is 0 Å². The number of imide groups is 1. The van der Waals surface area contributed by atoms with Crippen LogP contribution in [0.15, 0.2) is 42.7 Å². The number of hydrogen-bond donors (Lipinski definition) is 3. The molecule has 1 fully saturated rings. The first-order valence-electron chi connectivity index (χ1n) is 8.72. The first-order chi connectivity index (χ1) is 14.8. The molecule has 14 heteroatoms. The van der Waals surface area contributed by atoms with Gasteiger partial charge in [0, 0.05) is 6.20 Å². The minimum atomic E-state index is -3.08. The number of carbonyl (C=O) groups excluding carboxylic acids is 3. The van der Waals surface area contributed by atoms with E-state index in [1.54, 1.807) is 0 Å². The second-order valence-corrected chi connectivity index (χ2v) is 6.43. The third-order valence-corrected chi connectivity index (χ3v) is 4.53. The Bertz CT molecular complexity index is 1160. The van der Waals surface area contributed by atoms with Crippen LogP contribution in [0.3, 0.4) is 0 Å². The molecule has 4 rings (SSSR count). The molecular formula is C17H13F3N8O3. The lowest BCUT2D eigenvalue weighted by Gasteiger charge is -2.26. The molecule has 1 atom stereocenters. The molecule has 0 spiro atoms. The molecule has 1 aliphatic rings. The van der Waals surface area contributed by atoms with Crippen molar-refractivity contribution in [3.63, 3.8) is 0 Å². The van der Waals surface area contributed by atoms with Crippen LogP contribution >= 0.6 is 0 Å². The van der Waals surface area contributed by atoms with Crippen molar-refractivity contribution >= 4 is 17.8 Å². The SMILES string of the molecule is O=C1NC(=O)C(CNC(=O)c2cnn(-c3ccc(F)cc3)n2)(c2ccnn2C(F)F)N1. The van der Waals surface area contributed by atoms with Gasteiger partial charge in [-0.05, 0) is 30.3 Å². The highest BCUT2D eigenvalue weighted by atomic mass is 19.3. The number of rotatable bonds is 6. The zero-order chi connectivity index (χ0) is 22.2. The van der Waals surface area contributed by atoms with Crippen LogP contribution in [0.4, 0.5) is 18.0 Å². The van der Waals surface area contributed by atoms with Crippen molar-refractivity contribution in [1.82, 2.24) is 40.7 Å². The molecule has 3 aromatic rings. The molecule has 3 N–H and O–H groups in total. The molecule has 160 valence electrons. The highest BCUT2D eigenvalue weighted by Crippen LogP contribution is 2.27. The Labute approximate surface area is 171 Å². The van der Waals surface area contributed by atoms with Gasteiger partial charge in [-0.25, -0.2) is 13.9 Å². The van der Waals surface area contributed by atoms with Gasteiger partial charge in [0.2, 0.25) is 0 Å². The number of hydrogen-bond acceptors (Lipinski definition) is 6. The predicted molar refractivity (Wildman–Crippen MR) is 95.5 cm³/mol. The Morgan fingerprint density at radius 3 is 2.55 bits per heavy atom. The summed E-state index contributed by atoms with van der Waals surface area (Å²) in [4.78, 5) is 37.8. The van der Waals surface area contributed by atoms with Gasteiger partial charge in [0.05, 0.1) is 24.1 Å². The van der Waals surface area contributed by atoms with E-state index in [0.29, 0.717) is 5.69 Å². The molecule has 0 saturated carbocycles. The monoisotopic (exact) mass is 434 g/mol. The van der Waals surface area contributed by atoms with Gasteiger partial charge in [-0.15, -0.1) is 5.10 Å². The van der Waals surface area contributed by atoms with Crippen LogP contribution in [0.25, 0.3) is 5.69 Å². The summed E-state index contributed by atoms with van der Waals surface area (Å²) < 4.78 is 39.9. The van der Waals surface area contributed by atoms with Crippen molar-refractivity contribution < 1.29 is 27.6 Å². The van der Waals surface area contributed by atoms with Crippen LogP contribution < -0.4 is 16.0 Å². The fourth-order valence-electron chi connectivity index (χ4n) is 3.06. The quantitative estimate of drug-likeness (QED) is 0.483. The normalized spacial score (nSPS) is 18.2. The van der Waals surface area contributed by atoms with E-state index in [1.165, 1.54) is 24.3 Å². The summed E-state index contributed by atoms with van der Waals surface area (Å²) in [5.74, 6) is -2.18. The lowest BCUT2D eigenvalue weighted by molar-refractivity contribution is -0.124. The molecule has 31 heavy (non-hydrogen) atoms. The second-order valence-electron chi connectivity index (χ2n) is 6.43. The highest BCUT2D eigenvalue weighted by Gasteiger charge is 2.51. The van der Waals surface area contributed by atoms with E-state index in [-0.39, 0.29) is 16.1 Å². The van der Waals surface area contributed by atoms with Gasteiger partial charge in [-0.2, -0.15) is 23.8 Å². The third-order valence-electron chi connectivity index (χ3n) is 4.53. The standard InChI is InChI=1S/C17H13F3N8O3/c18-9-1-3-10(4-2-9)28-23-7-11(26-28)13(29)21-8-17(14(30)24-16(31)25-17)12-5-6-22-27(12)15(19)20/h1-7,15H,8H2,(H,21,29)(H2,24,25,30,31). The average Bonchev–Trinajstić information content (AvgIpc) is 3.46. The Morgan fingerprint density at radius 1 is 1.16 bits per heavy atom. The first-order valence-corrected chi connectivity index (χ1v) is 8.72. The Hall–Kier alpha value is -4.23. The minimum Gasteiger partial charge on any atom is -0.347 e. The molecule has 0 aliphatic carbocycles. The average molecular weight is 434 g/mol. The number of carbonyl (C=O) groups is 3. The molecule has 11 nitrogen and oxygen atoms in total. The summed E-state index contributed by atoms with van der Waals surface area (Å²) in [6.45, 7) is -3.65. The summed E-state index contributed by atoms with van der Waals surface area (Å²) in [5.41, 5.74) is -2.10. The summed E-state index contributed by atoms with van der Waals surface area (Å²) >= 11 is 0. The van der Waals surface area contributed by atoms with Crippen LogP contribution in [-0.2, 0) is 10.3 Å². The van der Waals surface area contributed by atoms with E-state index >= 15 is 0 Å². The number of nitrogens with one attached hydrogen (secondary N) is 3. The van der Waals surface area contributed by atoms with E-state index in [1.807, 2.05) is 5.32 Å². The van der Waals surface area contributed by atoms with E-state index in [4.69, 9.17) is 0 Å². The number of nitrogens with zero attached hydrogens (tertiary/aromatic N) is 5. The third kappa shape index (κ3) is 3.58. The Balaban J connectivity index is 1.56. The molecule has 1 aromatic carbocycles. The van der Waals surface area contributed by atoms with Crippen LogP contribution in [0.1, 0.15) is 22.7 Å². The molecule has 4 amide bonds.